The van der Waals surface area contributed by atoms with Crippen LogP contribution in [-0.4, -0.2) is 18.1 Å². The van der Waals surface area contributed by atoms with Crippen molar-refractivity contribution >= 4 is 17.7 Å². The Morgan fingerprint density at radius 2 is 2.04 bits per heavy atom. The maximum Gasteiger partial charge on any atom is 0.226 e. The Hall–Kier alpha value is -2.75. The summed E-state index contributed by atoms with van der Waals surface area (Å²) in [5.41, 5.74) is 2.87. The van der Waals surface area contributed by atoms with E-state index in [0.717, 1.165) is 23.2 Å². The van der Waals surface area contributed by atoms with E-state index in [1.807, 2.05) is 56.3 Å². The average molecular weight is 325 g/mol. The van der Waals surface area contributed by atoms with E-state index in [0.29, 0.717) is 5.75 Å². The molecule has 126 valence electrons. The highest BCUT2D eigenvalue weighted by atomic mass is 16.5. The molecule has 4 heteroatoms. The lowest BCUT2D eigenvalue weighted by Gasteiger charge is -2.08. The monoisotopic (exact) mass is 325 g/mol. The lowest BCUT2D eigenvalue weighted by atomic mass is 10.1. The minimum absolute atomic E-state index is 0.0129. The Morgan fingerprint density at radius 3 is 2.75 bits per heavy atom. The van der Waals surface area contributed by atoms with Crippen LogP contribution < -0.4 is 10.1 Å². The van der Waals surface area contributed by atoms with E-state index in [2.05, 4.69) is 5.32 Å². The lowest BCUT2D eigenvalue weighted by Crippen LogP contribution is -2.17. The van der Waals surface area contributed by atoms with Gasteiger partial charge in [-0.3, -0.25) is 4.79 Å². The summed E-state index contributed by atoms with van der Waals surface area (Å²) in [6.07, 6.45) is 4.76. The van der Waals surface area contributed by atoms with Crippen LogP contribution >= 0.6 is 0 Å². The smallest absolute Gasteiger partial charge is 0.226 e. The largest absolute Gasteiger partial charge is 0.504 e. The van der Waals surface area contributed by atoms with Crippen LogP contribution in [0.15, 0.2) is 48.5 Å². The maximum absolute atomic E-state index is 11.8. The second kappa shape index (κ2) is 8.20. The van der Waals surface area contributed by atoms with Gasteiger partial charge in [-0.25, -0.2) is 0 Å². The molecule has 0 atom stereocenters. The summed E-state index contributed by atoms with van der Waals surface area (Å²) >= 11 is 0. The molecule has 0 unspecified atom stereocenters. The summed E-state index contributed by atoms with van der Waals surface area (Å²) in [5, 5.41) is 12.5. The number of benzene rings is 2. The van der Waals surface area contributed by atoms with Gasteiger partial charge in [-0.05, 0) is 41.8 Å². The van der Waals surface area contributed by atoms with Crippen molar-refractivity contribution in [3.05, 3.63) is 59.7 Å². The number of hydrogen-bond donors (Lipinski definition) is 2. The fraction of sp³-hybridized carbons (Fsp3) is 0.250. The Kier molecular flexibility index (Phi) is 6.01. The summed E-state index contributed by atoms with van der Waals surface area (Å²) < 4.78 is 5.10. The van der Waals surface area contributed by atoms with Gasteiger partial charge in [-0.15, -0.1) is 0 Å². The molecule has 1 amide bonds. The van der Waals surface area contributed by atoms with E-state index in [4.69, 9.17) is 4.74 Å². The highest BCUT2D eigenvalue weighted by molar-refractivity contribution is 5.92. The van der Waals surface area contributed by atoms with Crippen LogP contribution in [0.4, 0.5) is 5.69 Å². The number of methoxy groups -OCH3 is 1. The number of phenols is 1. The molecule has 0 radical (unpaired) electrons. The first-order valence-corrected chi connectivity index (χ1v) is 7.93. The topological polar surface area (TPSA) is 58.6 Å². The average Bonchev–Trinajstić information content (AvgIpc) is 2.56. The zero-order chi connectivity index (χ0) is 17.5. The second-order valence-corrected chi connectivity index (χ2v) is 5.88. The predicted molar refractivity (Wildman–Crippen MR) is 97.3 cm³/mol. The van der Waals surface area contributed by atoms with Gasteiger partial charge in [-0.2, -0.15) is 0 Å². The van der Waals surface area contributed by atoms with Gasteiger partial charge in [0.1, 0.15) is 0 Å². The number of aromatic hydroxyl groups is 1. The molecule has 0 aliphatic heterocycles. The molecule has 0 saturated heterocycles. The molecule has 0 bridgehead atoms. The van der Waals surface area contributed by atoms with Gasteiger partial charge >= 0.3 is 0 Å². The fourth-order valence-corrected chi connectivity index (χ4v) is 2.19. The van der Waals surface area contributed by atoms with Gasteiger partial charge in [0, 0.05) is 11.6 Å². The molecule has 2 aromatic rings. The quantitative estimate of drug-likeness (QED) is 0.834. The fourth-order valence-electron chi connectivity index (χ4n) is 2.19. The molecular formula is C20H23NO3. The third-order valence-corrected chi connectivity index (χ3v) is 3.59. The molecule has 0 spiro atoms. The van der Waals surface area contributed by atoms with Crippen molar-refractivity contribution in [1.29, 1.82) is 0 Å². The Balaban J connectivity index is 2.02. The highest BCUT2D eigenvalue weighted by Crippen LogP contribution is 2.26. The minimum Gasteiger partial charge on any atom is -0.504 e. The summed E-state index contributed by atoms with van der Waals surface area (Å²) in [4.78, 5) is 11.8. The van der Waals surface area contributed by atoms with Gasteiger partial charge in [0.05, 0.1) is 7.11 Å². The van der Waals surface area contributed by atoms with Gasteiger partial charge in [-0.1, -0.05) is 44.2 Å². The van der Waals surface area contributed by atoms with Gasteiger partial charge in [0.2, 0.25) is 5.91 Å². The minimum atomic E-state index is -0.0435. The van der Waals surface area contributed by atoms with Gasteiger partial charge in [0.25, 0.3) is 0 Å². The van der Waals surface area contributed by atoms with Crippen molar-refractivity contribution in [2.75, 3.05) is 12.4 Å². The molecule has 0 aliphatic carbocycles. The Morgan fingerprint density at radius 1 is 1.25 bits per heavy atom. The van der Waals surface area contributed by atoms with Crippen LogP contribution in [0, 0.1) is 5.92 Å². The van der Waals surface area contributed by atoms with E-state index < -0.39 is 0 Å². The number of ether oxygens (including phenoxy) is 1. The summed E-state index contributed by atoms with van der Waals surface area (Å²) in [6, 6.07) is 13.0. The van der Waals surface area contributed by atoms with E-state index in [-0.39, 0.29) is 17.6 Å². The number of hydrogen-bond acceptors (Lipinski definition) is 3. The molecule has 0 aromatic heterocycles. The number of phenolic OH excluding ortho intramolecular Hbond substituents is 1. The van der Waals surface area contributed by atoms with Crippen LogP contribution in [-0.2, 0) is 11.2 Å². The molecule has 2 rings (SSSR count). The molecule has 0 aliphatic rings. The second-order valence-electron chi connectivity index (χ2n) is 5.88. The molecule has 2 aromatic carbocycles. The van der Waals surface area contributed by atoms with E-state index >= 15 is 0 Å². The van der Waals surface area contributed by atoms with E-state index in [1.54, 1.807) is 12.1 Å². The first kappa shape index (κ1) is 17.6. The SMILES string of the molecule is COc1cc(/C=C/Cc2cccc(NC(=O)C(C)C)c2)ccc1O. The van der Waals surface area contributed by atoms with Crippen molar-refractivity contribution in [3.63, 3.8) is 0 Å². The molecule has 0 saturated carbocycles. The highest BCUT2D eigenvalue weighted by Gasteiger charge is 2.06. The van der Waals surface area contributed by atoms with Crippen molar-refractivity contribution in [2.45, 2.75) is 20.3 Å². The first-order chi connectivity index (χ1) is 11.5. The third-order valence-electron chi connectivity index (χ3n) is 3.59. The lowest BCUT2D eigenvalue weighted by molar-refractivity contribution is -0.118. The van der Waals surface area contributed by atoms with Crippen molar-refractivity contribution < 1.29 is 14.6 Å². The summed E-state index contributed by atoms with van der Waals surface area (Å²) in [7, 11) is 1.53. The Bertz CT molecular complexity index is 735. The zero-order valence-electron chi connectivity index (χ0n) is 14.2. The van der Waals surface area contributed by atoms with Crippen LogP contribution in [0.3, 0.4) is 0 Å². The zero-order valence-corrected chi connectivity index (χ0v) is 14.2. The molecule has 24 heavy (non-hydrogen) atoms. The number of nitrogens with one attached hydrogen (secondary N) is 1. The van der Waals surface area contributed by atoms with Crippen LogP contribution in [0.25, 0.3) is 6.08 Å². The number of anilines is 1. The van der Waals surface area contributed by atoms with Crippen molar-refractivity contribution in [1.82, 2.24) is 0 Å². The number of rotatable bonds is 6. The number of amides is 1. The van der Waals surface area contributed by atoms with E-state index in [9.17, 15) is 9.90 Å². The van der Waals surface area contributed by atoms with Crippen LogP contribution in [0.5, 0.6) is 11.5 Å². The first-order valence-electron chi connectivity index (χ1n) is 7.93. The normalized spacial score (nSPS) is 11.0. The van der Waals surface area contributed by atoms with E-state index in [1.165, 1.54) is 7.11 Å². The summed E-state index contributed by atoms with van der Waals surface area (Å²) in [5.74, 6) is 0.552. The maximum atomic E-state index is 11.8. The van der Waals surface area contributed by atoms with Crippen LogP contribution in [0.2, 0.25) is 0 Å². The summed E-state index contributed by atoms with van der Waals surface area (Å²) in [6.45, 7) is 3.74. The number of carbonyl (C=O) groups is 1. The molecule has 0 heterocycles. The van der Waals surface area contributed by atoms with Gasteiger partial charge < -0.3 is 15.2 Å². The molecule has 0 fully saturated rings. The molecule has 2 N–H and O–H groups in total. The number of carbonyl (C=O) groups excluding carboxylic acids is 1. The third kappa shape index (κ3) is 4.88. The van der Waals surface area contributed by atoms with Gasteiger partial charge in [0.15, 0.2) is 11.5 Å². The standard InChI is InChI=1S/C20H23NO3/c1-14(2)20(23)21-17-9-5-8-15(12-17)6-4-7-16-10-11-18(22)19(13-16)24-3/h4-5,7-14,22H,6H2,1-3H3,(H,21,23)/b7-4+. The van der Waals surface area contributed by atoms with Crippen molar-refractivity contribution in [2.24, 2.45) is 5.92 Å². The molecule has 4 nitrogen and oxygen atoms in total. The number of allylic oxidation sites excluding steroid dienone is 1. The van der Waals surface area contributed by atoms with Crippen molar-refractivity contribution in [3.8, 4) is 11.5 Å². The Labute approximate surface area is 142 Å². The van der Waals surface area contributed by atoms with Crippen LogP contribution in [0.1, 0.15) is 25.0 Å². The molecular weight excluding hydrogens is 302 g/mol. The predicted octanol–water partition coefficient (Wildman–Crippen LogP) is 4.25.